The summed E-state index contributed by atoms with van der Waals surface area (Å²) in [6, 6.07) is 16.4. The van der Waals surface area contributed by atoms with Gasteiger partial charge in [-0.15, -0.1) is 0 Å². The molecule has 0 saturated carbocycles. The van der Waals surface area contributed by atoms with E-state index < -0.39 is 0 Å². The minimum absolute atomic E-state index is 0.0220. The van der Waals surface area contributed by atoms with Gasteiger partial charge in [-0.3, -0.25) is 9.59 Å². The lowest BCUT2D eigenvalue weighted by molar-refractivity contribution is -0.120. The highest BCUT2D eigenvalue weighted by Crippen LogP contribution is 2.18. The van der Waals surface area contributed by atoms with Crippen molar-refractivity contribution in [3.63, 3.8) is 0 Å². The average molecular weight is 347 g/mol. The molecule has 0 spiro atoms. The van der Waals surface area contributed by atoms with Crippen LogP contribution in [0, 0.1) is 0 Å². The highest BCUT2D eigenvalue weighted by atomic mass is 79.9. The van der Waals surface area contributed by atoms with Crippen LogP contribution in [0.4, 0.5) is 11.4 Å². The second-order valence-electron chi connectivity index (χ2n) is 4.50. The zero-order valence-electron chi connectivity index (χ0n) is 11.5. The van der Waals surface area contributed by atoms with E-state index in [2.05, 4.69) is 21.2 Å². The quantitative estimate of drug-likeness (QED) is 0.921. The van der Waals surface area contributed by atoms with E-state index in [-0.39, 0.29) is 18.4 Å². The maximum atomic E-state index is 12.1. The van der Waals surface area contributed by atoms with Gasteiger partial charge in [0, 0.05) is 22.8 Å². The fourth-order valence-corrected chi connectivity index (χ4v) is 2.14. The summed E-state index contributed by atoms with van der Waals surface area (Å²) < 4.78 is 0.920. The molecule has 0 aliphatic carbocycles. The zero-order chi connectivity index (χ0) is 15.2. The van der Waals surface area contributed by atoms with Crippen molar-refractivity contribution >= 4 is 39.1 Å². The predicted molar refractivity (Wildman–Crippen MR) is 87.2 cm³/mol. The van der Waals surface area contributed by atoms with E-state index in [0.29, 0.717) is 11.4 Å². The number of benzene rings is 2. The third kappa shape index (κ3) is 4.43. The number of carbonyl (C=O) groups excluding carboxylic acids is 2. The normalized spacial score (nSPS) is 10.0. The standard InChI is InChI=1S/C16H15BrN2O2/c1-12(20)19(15-9-7-13(17)8-10-15)11-16(21)18-14-5-3-2-4-6-14/h2-10H,11H2,1H3,(H,18,21). The summed E-state index contributed by atoms with van der Waals surface area (Å²) in [6.07, 6.45) is 0. The number of nitrogens with zero attached hydrogens (tertiary/aromatic N) is 1. The first-order valence-corrected chi connectivity index (χ1v) is 7.24. The smallest absolute Gasteiger partial charge is 0.244 e. The van der Waals surface area contributed by atoms with Crippen LogP contribution in [0.5, 0.6) is 0 Å². The molecule has 0 radical (unpaired) electrons. The molecule has 0 bridgehead atoms. The summed E-state index contributed by atoms with van der Waals surface area (Å²) in [5.74, 6) is -0.417. The average Bonchev–Trinajstić information content (AvgIpc) is 2.47. The van der Waals surface area contributed by atoms with Gasteiger partial charge in [0.15, 0.2) is 0 Å². The molecule has 21 heavy (non-hydrogen) atoms. The molecule has 108 valence electrons. The molecule has 2 aromatic rings. The number of hydrogen-bond donors (Lipinski definition) is 1. The second-order valence-corrected chi connectivity index (χ2v) is 5.41. The van der Waals surface area contributed by atoms with Gasteiger partial charge in [-0.05, 0) is 36.4 Å². The highest BCUT2D eigenvalue weighted by Gasteiger charge is 2.15. The van der Waals surface area contributed by atoms with Gasteiger partial charge >= 0.3 is 0 Å². The Hall–Kier alpha value is -2.14. The van der Waals surface area contributed by atoms with E-state index in [9.17, 15) is 9.59 Å². The maximum Gasteiger partial charge on any atom is 0.244 e. The SMILES string of the molecule is CC(=O)N(CC(=O)Nc1ccccc1)c1ccc(Br)cc1. The van der Waals surface area contributed by atoms with Gasteiger partial charge in [0.05, 0.1) is 0 Å². The van der Waals surface area contributed by atoms with E-state index in [1.54, 1.807) is 24.3 Å². The molecule has 2 amide bonds. The maximum absolute atomic E-state index is 12.1. The minimum Gasteiger partial charge on any atom is -0.325 e. The first-order valence-electron chi connectivity index (χ1n) is 6.45. The molecule has 5 heteroatoms. The number of carbonyl (C=O) groups is 2. The molecule has 0 aromatic heterocycles. The van der Waals surface area contributed by atoms with E-state index in [4.69, 9.17) is 0 Å². The molecule has 0 aliphatic rings. The Morgan fingerprint density at radius 2 is 1.67 bits per heavy atom. The van der Waals surface area contributed by atoms with Crippen LogP contribution in [0.15, 0.2) is 59.1 Å². The largest absolute Gasteiger partial charge is 0.325 e. The summed E-state index contributed by atoms with van der Waals surface area (Å²) in [5, 5.41) is 2.77. The lowest BCUT2D eigenvalue weighted by atomic mass is 10.2. The lowest BCUT2D eigenvalue weighted by Gasteiger charge is -2.20. The Kier molecular flexibility index (Phi) is 5.11. The van der Waals surface area contributed by atoms with Crippen molar-refractivity contribution in [2.24, 2.45) is 0 Å². The van der Waals surface area contributed by atoms with Gasteiger partial charge in [0.2, 0.25) is 11.8 Å². The van der Waals surface area contributed by atoms with Crippen molar-refractivity contribution in [1.82, 2.24) is 0 Å². The fraction of sp³-hybridized carbons (Fsp3) is 0.125. The molecule has 1 N–H and O–H groups in total. The van der Waals surface area contributed by atoms with Crippen LogP contribution in [0.25, 0.3) is 0 Å². The van der Waals surface area contributed by atoms with Crippen molar-refractivity contribution in [2.45, 2.75) is 6.92 Å². The number of halogens is 1. The van der Waals surface area contributed by atoms with Crippen LogP contribution in [-0.2, 0) is 9.59 Å². The van der Waals surface area contributed by atoms with E-state index in [1.807, 2.05) is 30.3 Å². The summed E-state index contributed by atoms with van der Waals surface area (Å²) in [6.45, 7) is 1.42. The summed E-state index contributed by atoms with van der Waals surface area (Å²) in [7, 11) is 0. The molecule has 0 heterocycles. The van der Waals surface area contributed by atoms with Gasteiger partial charge < -0.3 is 10.2 Å². The Morgan fingerprint density at radius 3 is 2.24 bits per heavy atom. The number of hydrogen-bond acceptors (Lipinski definition) is 2. The van der Waals surface area contributed by atoms with Gasteiger partial charge in [-0.1, -0.05) is 34.1 Å². The Balaban J connectivity index is 2.08. The Labute approximate surface area is 131 Å². The topological polar surface area (TPSA) is 49.4 Å². The molecule has 0 unspecified atom stereocenters. The number of rotatable bonds is 4. The first-order chi connectivity index (χ1) is 10.1. The van der Waals surface area contributed by atoms with Crippen LogP contribution in [0.3, 0.4) is 0 Å². The second kappa shape index (κ2) is 7.04. The van der Waals surface area contributed by atoms with Crippen LogP contribution in [0.2, 0.25) is 0 Å². The monoisotopic (exact) mass is 346 g/mol. The number of amides is 2. The van der Waals surface area contributed by atoms with E-state index in [1.165, 1.54) is 11.8 Å². The van der Waals surface area contributed by atoms with Crippen molar-refractivity contribution < 1.29 is 9.59 Å². The van der Waals surface area contributed by atoms with Crippen LogP contribution >= 0.6 is 15.9 Å². The molecule has 0 atom stereocenters. The molecule has 4 nitrogen and oxygen atoms in total. The van der Waals surface area contributed by atoms with E-state index >= 15 is 0 Å². The molecule has 0 saturated heterocycles. The van der Waals surface area contributed by atoms with E-state index in [0.717, 1.165) is 4.47 Å². The van der Waals surface area contributed by atoms with Gasteiger partial charge in [-0.25, -0.2) is 0 Å². The number of para-hydroxylation sites is 1. The highest BCUT2D eigenvalue weighted by molar-refractivity contribution is 9.10. The predicted octanol–water partition coefficient (Wildman–Crippen LogP) is 3.44. The van der Waals surface area contributed by atoms with Crippen molar-refractivity contribution in [1.29, 1.82) is 0 Å². The van der Waals surface area contributed by atoms with Gasteiger partial charge in [-0.2, -0.15) is 0 Å². The summed E-state index contributed by atoms with van der Waals surface area (Å²) >= 11 is 3.34. The van der Waals surface area contributed by atoms with Crippen molar-refractivity contribution in [3.05, 3.63) is 59.1 Å². The van der Waals surface area contributed by atoms with Gasteiger partial charge in [0.1, 0.15) is 6.54 Å². The third-order valence-corrected chi connectivity index (χ3v) is 3.41. The Morgan fingerprint density at radius 1 is 1.05 bits per heavy atom. The lowest BCUT2D eigenvalue weighted by Crippen LogP contribution is -2.36. The fourth-order valence-electron chi connectivity index (χ4n) is 1.87. The van der Waals surface area contributed by atoms with Crippen molar-refractivity contribution in [2.75, 3.05) is 16.8 Å². The van der Waals surface area contributed by atoms with Gasteiger partial charge in [0.25, 0.3) is 0 Å². The summed E-state index contributed by atoms with van der Waals surface area (Å²) in [5.41, 5.74) is 1.40. The molecule has 0 aliphatic heterocycles. The van der Waals surface area contributed by atoms with Crippen LogP contribution in [0.1, 0.15) is 6.92 Å². The summed E-state index contributed by atoms with van der Waals surface area (Å²) in [4.78, 5) is 25.2. The molecular weight excluding hydrogens is 332 g/mol. The molecule has 0 fully saturated rings. The third-order valence-electron chi connectivity index (χ3n) is 2.88. The van der Waals surface area contributed by atoms with Crippen LogP contribution < -0.4 is 10.2 Å². The molecular formula is C16H15BrN2O2. The Bertz CT molecular complexity index is 626. The zero-order valence-corrected chi connectivity index (χ0v) is 13.1. The minimum atomic E-state index is -0.237. The number of anilines is 2. The van der Waals surface area contributed by atoms with Crippen molar-refractivity contribution in [3.8, 4) is 0 Å². The molecule has 2 aromatic carbocycles. The number of nitrogens with one attached hydrogen (secondary N) is 1. The first kappa shape index (κ1) is 15.3. The van der Waals surface area contributed by atoms with Crippen LogP contribution in [-0.4, -0.2) is 18.4 Å². The molecule has 2 rings (SSSR count).